The Morgan fingerprint density at radius 3 is 2.92 bits per heavy atom. The lowest BCUT2D eigenvalue weighted by Gasteiger charge is -2.23. The van der Waals surface area contributed by atoms with Crippen LogP contribution in [0.25, 0.3) is 10.9 Å². The SMILES string of the molecule is CS(=O)(=O)OCCCCc1c(Cl)cc2c(cnn2C2CCCCO2)c1Br. The van der Waals surface area contributed by atoms with Crippen LogP contribution in [0.2, 0.25) is 5.02 Å². The summed E-state index contributed by atoms with van der Waals surface area (Å²) < 4.78 is 35.4. The molecule has 0 amide bonds. The monoisotopic (exact) mass is 464 g/mol. The van der Waals surface area contributed by atoms with Crippen LogP contribution in [0, 0.1) is 0 Å². The van der Waals surface area contributed by atoms with Gasteiger partial charge in [0, 0.05) is 21.5 Å². The van der Waals surface area contributed by atoms with Gasteiger partial charge in [-0.15, -0.1) is 0 Å². The summed E-state index contributed by atoms with van der Waals surface area (Å²) in [5, 5.41) is 6.19. The van der Waals surface area contributed by atoms with Gasteiger partial charge < -0.3 is 4.74 Å². The average molecular weight is 466 g/mol. The van der Waals surface area contributed by atoms with Crippen LogP contribution < -0.4 is 0 Å². The average Bonchev–Trinajstić information content (AvgIpc) is 3.01. The topological polar surface area (TPSA) is 70.4 Å². The number of rotatable bonds is 7. The van der Waals surface area contributed by atoms with E-state index in [1.54, 1.807) is 0 Å². The number of nitrogens with zero attached hydrogens (tertiary/aromatic N) is 2. The van der Waals surface area contributed by atoms with E-state index < -0.39 is 10.1 Å². The first kappa shape index (κ1) is 20.1. The van der Waals surface area contributed by atoms with Crippen molar-refractivity contribution < 1.29 is 17.3 Å². The Hall–Kier alpha value is -0.670. The molecule has 144 valence electrons. The lowest BCUT2D eigenvalue weighted by molar-refractivity contribution is -0.0366. The Kier molecular flexibility index (Phi) is 6.61. The maximum absolute atomic E-state index is 11.0. The zero-order valence-corrected chi connectivity index (χ0v) is 17.7. The van der Waals surface area contributed by atoms with Crippen molar-refractivity contribution in [3.8, 4) is 0 Å². The highest BCUT2D eigenvalue weighted by Crippen LogP contribution is 2.36. The van der Waals surface area contributed by atoms with Gasteiger partial charge in [-0.3, -0.25) is 4.18 Å². The van der Waals surface area contributed by atoms with Gasteiger partial charge in [0.15, 0.2) is 6.23 Å². The fourth-order valence-electron chi connectivity index (χ4n) is 3.15. The quantitative estimate of drug-likeness (QED) is 0.446. The molecule has 0 N–H and O–H groups in total. The van der Waals surface area contributed by atoms with E-state index in [9.17, 15) is 8.42 Å². The first-order valence-corrected chi connectivity index (χ1v) is 11.7. The summed E-state index contributed by atoms with van der Waals surface area (Å²) in [7, 11) is -3.38. The number of unbranched alkanes of at least 4 members (excludes halogenated alkanes) is 1. The van der Waals surface area contributed by atoms with Crippen molar-refractivity contribution in [1.82, 2.24) is 9.78 Å². The van der Waals surface area contributed by atoms with Gasteiger partial charge in [0.25, 0.3) is 10.1 Å². The number of hydrogen-bond donors (Lipinski definition) is 0. The predicted octanol–water partition coefficient (Wildman–Crippen LogP) is 4.45. The van der Waals surface area contributed by atoms with Crippen molar-refractivity contribution in [2.24, 2.45) is 0 Å². The van der Waals surface area contributed by atoms with Crippen molar-refractivity contribution >= 4 is 48.6 Å². The number of fused-ring (bicyclic) bond motifs is 1. The summed E-state index contributed by atoms with van der Waals surface area (Å²) in [6.45, 7) is 0.946. The normalized spacial score (nSPS) is 18.5. The second kappa shape index (κ2) is 8.56. The Morgan fingerprint density at radius 2 is 2.23 bits per heavy atom. The van der Waals surface area contributed by atoms with Gasteiger partial charge in [-0.2, -0.15) is 13.5 Å². The first-order chi connectivity index (χ1) is 12.4. The molecule has 2 aromatic rings. The van der Waals surface area contributed by atoms with Crippen LogP contribution in [0.5, 0.6) is 0 Å². The Labute approximate surface area is 167 Å². The molecule has 0 saturated carbocycles. The highest BCUT2D eigenvalue weighted by molar-refractivity contribution is 9.10. The second-order valence-electron chi connectivity index (χ2n) is 6.48. The van der Waals surface area contributed by atoms with Crippen LogP contribution in [-0.4, -0.2) is 37.7 Å². The Balaban J connectivity index is 1.73. The van der Waals surface area contributed by atoms with E-state index >= 15 is 0 Å². The van der Waals surface area contributed by atoms with Gasteiger partial charge in [0.1, 0.15) is 0 Å². The van der Waals surface area contributed by atoms with Crippen molar-refractivity contribution in [2.45, 2.75) is 44.8 Å². The highest BCUT2D eigenvalue weighted by atomic mass is 79.9. The van der Waals surface area contributed by atoms with Crippen LogP contribution in [0.3, 0.4) is 0 Å². The fourth-order valence-corrected chi connectivity index (χ4v) is 4.69. The van der Waals surface area contributed by atoms with Gasteiger partial charge in [-0.25, -0.2) is 4.68 Å². The van der Waals surface area contributed by atoms with Crippen molar-refractivity contribution in [1.29, 1.82) is 0 Å². The molecule has 0 aliphatic carbocycles. The Bertz CT molecular complexity index is 879. The molecule has 0 spiro atoms. The van der Waals surface area contributed by atoms with Gasteiger partial charge in [-0.1, -0.05) is 11.6 Å². The van der Waals surface area contributed by atoms with Crippen LogP contribution in [-0.2, 0) is 25.5 Å². The zero-order chi connectivity index (χ0) is 18.7. The molecule has 1 aliphatic heterocycles. The molecular weight excluding hydrogens is 444 g/mol. The number of hydrogen-bond acceptors (Lipinski definition) is 5. The van der Waals surface area contributed by atoms with E-state index in [0.717, 1.165) is 65.9 Å². The fraction of sp³-hybridized carbons (Fsp3) is 0.588. The molecule has 1 aromatic carbocycles. The van der Waals surface area contributed by atoms with Crippen molar-refractivity contribution in [2.75, 3.05) is 19.5 Å². The number of aromatic nitrogens is 2. The summed E-state index contributed by atoms with van der Waals surface area (Å²) in [5.41, 5.74) is 1.96. The zero-order valence-electron chi connectivity index (χ0n) is 14.6. The predicted molar refractivity (Wildman–Crippen MR) is 105 cm³/mol. The van der Waals surface area contributed by atoms with Crippen molar-refractivity contribution in [3.63, 3.8) is 0 Å². The third kappa shape index (κ3) is 4.78. The molecule has 1 aromatic heterocycles. The molecule has 1 atom stereocenters. The lowest BCUT2D eigenvalue weighted by Crippen LogP contribution is -2.19. The van der Waals surface area contributed by atoms with Gasteiger partial charge in [0.2, 0.25) is 0 Å². The molecule has 0 bridgehead atoms. The summed E-state index contributed by atoms with van der Waals surface area (Å²) >= 11 is 10.2. The molecule has 1 aliphatic rings. The van der Waals surface area contributed by atoms with Crippen LogP contribution in [0.1, 0.15) is 43.9 Å². The van der Waals surface area contributed by atoms with E-state index in [0.29, 0.717) is 11.4 Å². The maximum atomic E-state index is 11.0. The molecular formula is C17H22BrClN2O4S. The van der Waals surface area contributed by atoms with Gasteiger partial charge >= 0.3 is 0 Å². The second-order valence-corrected chi connectivity index (χ2v) is 9.32. The summed E-state index contributed by atoms with van der Waals surface area (Å²) in [6.07, 6.45) is 8.18. The van der Waals surface area contributed by atoms with Crippen LogP contribution in [0.15, 0.2) is 16.7 Å². The molecule has 3 rings (SSSR count). The minimum Gasteiger partial charge on any atom is -0.356 e. The third-order valence-corrected chi connectivity index (χ3v) is 6.27. The molecule has 1 saturated heterocycles. The molecule has 6 nitrogen and oxygen atoms in total. The number of benzene rings is 1. The summed E-state index contributed by atoms with van der Waals surface area (Å²) in [5.74, 6) is 0. The molecule has 9 heteroatoms. The van der Waals surface area contributed by atoms with Crippen LogP contribution in [0.4, 0.5) is 0 Å². The molecule has 0 radical (unpaired) electrons. The molecule has 1 fully saturated rings. The van der Waals surface area contributed by atoms with E-state index in [2.05, 4.69) is 21.0 Å². The number of halogens is 2. The standard InChI is InChI=1S/C17H22BrClN2O4S/c1-26(22,23)25-9-5-2-6-12-14(19)10-15-13(17(12)18)11-20-21(15)16-7-3-4-8-24-16/h10-11,16H,2-9H2,1H3. The van der Waals surface area contributed by atoms with E-state index in [1.165, 1.54) is 0 Å². The van der Waals surface area contributed by atoms with E-state index in [4.69, 9.17) is 20.5 Å². The van der Waals surface area contributed by atoms with Crippen LogP contribution >= 0.6 is 27.5 Å². The molecule has 26 heavy (non-hydrogen) atoms. The van der Waals surface area contributed by atoms with E-state index in [1.807, 2.05) is 16.9 Å². The smallest absolute Gasteiger partial charge is 0.264 e. The number of ether oxygens (including phenoxy) is 1. The van der Waals surface area contributed by atoms with Gasteiger partial charge in [-0.05, 0) is 66.1 Å². The minimum atomic E-state index is -3.38. The minimum absolute atomic E-state index is 0.0387. The summed E-state index contributed by atoms with van der Waals surface area (Å²) in [4.78, 5) is 0. The third-order valence-electron chi connectivity index (χ3n) is 4.43. The van der Waals surface area contributed by atoms with Gasteiger partial charge in [0.05, 0.1) is 24.6 Å². The molecule has 2 heterocycles. The Morgan fingerprint density at radius 1 is 1.42 bits per heavy atom. The largest absolute Gasteiger partial charge is 0.356 e. The highest BCUT2D eigenvalue weighted by Gasteiger charge is 2.21. The van der Waals surface area contributed by atoms with Crippen molar-refractivity contribution in [3.05, 3.63) is 27.3 Å². The molecule has 1 unspecified atom stereocenters. The maximum Gasteiger partial charge on any atom is 0.264 e. The first-order valence-electron chi connectivity index (χ1n) is 8.67. The van der Waals surface area contributed by atoms with E-state index in [-0.39, 0.29) is 12.8 Å². The summed E-state index contributed by atoms with van der Waals surface area (Å²) in [6, 6.07) is 1.94. The lowest BCUT2D eigenvalue weighted by atomic mass is 10.1.